The predicted molar refractivity (Wildman–Crippen MR) is 86.4 cm³/mol. The average Bonchev–Trinajstić information content (AvgIpc) is 3.33. The van der Waals surface area contributed by atoms with Gasteiger partial charge in [-0.05, 0) is 36.6 Å². The third kappa shape index (κ3) is 3.31. The van der Waals surface area contributed by atoms with Crippen LogP contribution in [-0.4, -0.2) is 17.6 Å². The van der Waals surface area contributed by atoms with Gasteiger partial charge in [0.2, 0.25) is 5.91 Å². The van der Waals surface area contributed by atoms with E-state index in [4.69, 9.17) is 0 Å². The molecule has 1 amide bonds. The van der Waals surface area contributed by atoms with Crippen LogP contribution in [0.25, 0.3) is 0 Å². The van der Waals surface area contributed by atoms with Gasteiger partial charge < -0.3 is 10.4 Å². The van der Waals surface area contributed by atoms with Gasteiger partial charge in [0.15, 0.2) is 0 Å². The minimum atomic E-state index is -0.808. The van der Waals surface area contributed by atoms with E-state index in [1.165, 1.54) is 18.2 Å². The lowest BCUT2D eigenvalue weighted by atomic mass is 10.0. The van der Waals surface area contributed by atoms with Crippen LogP contribution in [0.15, 0.2) is 42.5 Å². The van der Waals surface area contributed by atoms with Crippen LogP contribution in [0.1, 0.15) is 35.1 Å². The van der Waals surface area contributed by atoms with Gasteiger partial charge in [-0.1, -0.05) is 30.3 Å². The van der Waals surface area contributed by atoms with E-state index in [1.54, 1.807) is 6.07 Å². The van der Waals surface area contributed by atoms with Crippen molar-refractivity contribution < 1.29 is 18.7 Å². The van der Waals surface area contributed by atoms with Crippen LogP contribution in [0.4, 0.5) is 8.78 Å². The summed E-state index contributed by atoms with van der Waals surface area (Å²) in [4.78, 5) is 12.2. The molecule has 3 nitrogen and oxygen atoms in total. The van der Waals surface area contributed by atoms with E-state index in [0.29, 0.717) is 6.42 Å². The van der Waals surface area contributed by atoms with Crippen molar-refractivity contribution in [1.82, 2.24) is 5.32 Å². The van der Waals surface area contributed by atoms with Gasteiger partial charge in [0, 0.05) is 23.9 Å². The van der Waals surface area contributed by atoms with Gasteiger partial charge in [-0.3, -0.25) is 4.79 Å². The van der Waals surface area contributed by atoms with Crippen LogP contribution in [0.3, 0.4) is 0 Å². The summed E-state index contributed by atoms with van der Waals surface area (Å²) < 4.78 is 27.5. The van der Waals surface area contributed by atoms with E-state index in [1.807, 2.05) is 25.1 Å². The highest BCUT2D eigenvalue weighted by molar-refractivity contribution is 5.83. The molecule has 2 aromatic carbocycles. The Balaban J connectivity index is 1.59. The zero-order valence-corrected chi connectivity index (χ0v) is 13.3. The summed E-state index contributed by atoms with van der Waals surface area (Å²) in [6, 6.07) is 11.1. The third-order valence-electron chi connectivity index (χ3n) is 4.51. The first-order valence-corrected chi connectivity index (χ1v) is 7.94. The Labute approximate surface area is 139 Å². The number of rotatable bonds is 5. The Morgan fingerprint density at radius 1 is 1.21 bits per heavy atom. The van der Waals surface area contributed by atoms with Crippen molar-refractivity contribution in [2.75, 3.05) is 6.54 Å². The normalized spacial score (nSPS) is 20.5. The van der Waals surface area contributed by atoms with Crippen LogP contribution in [0, 0.1) is 24.5 Å². The van der Waals surface area contributed by atoms with Gasteiger partial charge in [-0.15, -0.1) is 0 Å². The highest BCUT2D eigenvalue weighted by Gasteiger charge is 2.46. The van der Waals surface area contributed by atoms with Crippen LogP contribution in [0.2, 0.25) is 0 Å². The lowest BCUT2D eigenvalue weighted by Gasteiger charge is -2.14. The maximum absolute atomic E-state index is 13.7. The molecule has 3 atom stereocenters. The molecule has 1 aliphatic rings. The molecular formula is C19H19F2NO2. The molecule has 24 heavy (non-hydrogen) atoms. The van der Waals surface area contributed by atoms with E-state index in [2.05, 4.69) is 5.32 Å². The highest BCUT2D eigenvalue weighted by Crippen LogP contribution is 2.49. The fourth-order valence-corrected chi connectivity index (χ4v) is 3.07. The molecule has 0 aliphatic heterocycles. The Kier molecular flexibility index (Phi) is 4.62. The van der Waals surface area contributed by atoms with Crippen molar-refractivity contribution >= 4 is 5.91 Å². The molecule has 0 saturated heterocycles. The van der Waals surface area contributed by atoms with E-state index in [9.17, 15) is 18.7 Å². The Hall–Kier alpha value is -2.27. The number of hydrogen-bond acceptors (Lipinski definition) is 2. The zero-order chi connectivity index (χ0) is 17.3. The number of aliphatic hydroxyl groups is 1. The summed E-state index contributed by atoms with van der Waals surface area (Å²) >= 11 is 0. The summed E-state index contributed by atoms with van der Waals surface area (Å²) in [6.45, 7) is 1.96. The van der Waals surface area contributed by atoms with Crippen molar-refractivity contribution in [2.45, 2.75) is 25.4 Å². The number of carbonyl (C=O) groups is 1. The summed E-state index contributed by atoms with van der Waals surface area (Å²) in [5.41, 5.74) is 1.68. The molecule has 2 aromatic rings. The monoisotopic (exact) mass is 331 g/mol. The second-order valence-electron chi connectivity index (χ2n) is 6.20. The Bertz CT molecular complexity index is 743. The number of nitrogens with one attached hydrogen (secondary N) is 1. The topological polar surface area (TPSA) is 49.3 Å². The smallest absolute Gasteiger partial charge is 0.223 e. The van der Waals surface area contributed by atoms with E-state index >= 15 is 0 Å². The maximum atomic E-state index is 13.7. The van der Waals surface area contributed by atoms with Gasteiger partial charge in [0.1, 0.15) is 11.6 Å². The maximum Gasteiger partial charge on any atom is 0.223 e. The van der Waals surface area contributed by atoms with Gasteiger partial charge in [-0.2, -0.15) is 0 Å². The number of aryl methyl sites for hydroxylation is 1. The standard InChI is InChI=1S/C19H19F2NO2/c1-11-5-2-3-6-12(11)17(23)10-22-19(24)14-9-13(14)18-15(20)7-4-8-16(18)21/h2-8,13-14,17,23H,9-10H2,1H3,(H,22,24). The number of hydrogen-bond donors (Lipinski definition) is 2. The van der Waals surface area contributed by atoms with Crippen LogP contribution < -0.4 is 5.32 Å². The molecule has 126 valence electrons. The molecule has 1 fully saturated rings. The number of carbonyl (C=O) groups excluding carboxylic acids is 1. The molecule has 0 spiro atoms. The molecule has 3 rings (SSSR count). The predicted octanol–water partition coefficient (Wildman–Crippen LogP) is 3.23. The van der Waals surface area contributed by atoms with Gasteiger partial charge in [-0.25, -0.2) is 8.78 Å². The summed E-state index contributed by atoms with van der Waals surface area (Å²) in [6.07, 6.45) is -0.387. The molecule has 0 heterocycles. The summed E-state index contributed by atoms with van der Waals surface area (Å²) in [7, 11) is 0. The van der Waals surface area contributed by atoms with Gasteiger partial charge in [0.25, 0.3) is 0 Å². The quantitative estimate of drug-likeness (QED) is 0.884. The molecule has 0 aromatic heterocycles. The number of halogens is 2. The van der Waals surface area contributed by atoms with Crippen molar-refractivity contribution in [2.24, 2.45) is 5.92 Å². The fourth-order valence-electron chi connectivity index (χ4n) is 3.07. The first kappa shape index (κ1) is 16.6. The number of benzene rings is 2. The Morgan fingerprint density at radius 3 is 2.54 bits per heavy atom. The van der Waals surface area contributed by atoms with Crippen LogP contribution in [-0.2, 0) is 4.79 Å². The molecule has 5 heteroatoms. The van der Waals surface area contributed by atoms with Crippen LogP contribution in [0.5, 0.6) is 0 Å². The molecule has 1 saturated carbocycles. The first-order chi connectivity index (χ1) is 11.5. The van der Waals surface area contributed by atoms with Gasteiger partial charge >= 0.3 is 0 Å². The van der Waals surface area contributed by atoms with Crippen molar-refractivity contribution in [3.8, 4) is 0 Å². The molecule has 0 radical (unpaired) electrons. The minimum absolute atomic E-state index is 0.0166. The SMILES string of the molecule is Cc1ccccc1C(O)CNC(=O)C1CC1c1c(F)cccc1F. The third-order valence-corrected chi connectivity index (χ3v) is 4.51. The minimum Gasteiger partial charge on any atom is -0.387 e. The second kappa shape index (κ2) is 6.69. The average molecular weight is 331 g/mol. The summed E-state index contributed by atoms with van der Waals surface area (Å²) in [5.74, 6) is -2.39. The molecule has 2 N–H and O–H groups in total. The van der Waals surface area contributed by atoms with Crippen molar-refractivity contribution in [3.63, 3.8) is 0 Å². The van der Waals surface area contributed by atoms with Crippen LogP contribution >= 0.6 is 0 Å². The zero-order valence-electron chi connectivity index (χ0n) is 13.3. The number of aliphatic hydroxyl groups excluding tert-OH is 1. The molecule has 3 unspecified atom stereocenters. The number of amides is 1. The molecule has 0 bridgehead atoms. The lowest BCUT2D eigenvalue weighted by Crippen LogP contribution is -2.30. The highest BCUT2D eigenvalue weighted by atomic mass is 19.1. The molecule has 1 aliphatic carbocycles. The second-order valence-corrected chi connectivity index (χ2v) is 6.20. The lowest BCUT2D eigenvalue weighted by molar-refractivity contribution is -0.122. The summed E-state index contributed by atoms with van der Waals surface area (Å²) in [5, 5.41) is 12.9. The first-order valence-electron chi connectivity index (χ1n) is 7.94. The van der Waals surface area contributed by atoms with E-state index < -0.39 is 29.6 Å². The van der Waals surface area contributed by atoms with Crippen molar-refractivity contribution in [3.05, 3.63) is 70.8 Å². The molecular weight excluding hydrogens is 312 g/mol. The largest absolute Gasteiger partial charge is 0.387 e. The van der Waals surface area contributed by atoms with Gasteiger partial charge in [0.05, 0.1) is 6.10 Å². The van der Waals surface area contributed by atoms with E-state index in [-0.39, 0.29) is 18.0 Å². The van der Waals surface area contributed by atoms with E-state index in [0.717, 1.165) is 11.1 Å². The van der Waals surface area contributed by atoms with Crippen molar-refractivity contribution in [1.29, 1.82) is 0 Å². The fraction of sp³-hybridized carbons (Fsp3) is 0.316. The Morgan fingerprint density at radius 2 is 1.88 bits per heavy atom.